The first-order valence-electron chi connectivity index (χ1n) is 4.77. The van der Waals surface area contributed by atoms with Crippen LogP contribution in [0.5, 0.6) is 0 Å². The molecule has 0 aromatic heterocycles. The van der Waals surface area contributed by atoms with Gasteiger partial charge in [-0.2, -0.15) is 0 Å². The quantitative estimate of drug-likeness (QED) is 0.436. The molecule has 0 bridgehead atoms. The molecule has 0 aliphatic rings. The topological polar surface area (TPSA) is 52.6 Å². The Hall–Kier alpha value is -0.480. The van der Waals surface area contributed by atoms with Gasteiger partial charge in [-0.15, -0.1) is 23.2 Å². The van der Waals surface area contributed by atoms with Crippen LogP contribution in [0, 0.1) is 0 Å². The third kappa shape index (κ3) is 6.18. The third-order valence-electron chi connectivity index (χ3n) is 1.52. The molecule has 0 heterocycles. The molecule has 94 valence electrons. The van der Waals surface area contributed by atoms with E-state index in [1.165, 1.54) is 27.7 Å². The molecule has 0 rings (SSSR count). The normalized spacial score (nSPS) is 12.1. The van der Waals surface area contributed by atoms with Gasteiger partial charge in [-0.25, -0.2) is 0 Å². The molecular formula is C10H16Cl2O4. The Morgan fingerprint density at radius 1 is 0.875 bits per heavy atom. The van der Waals surface area contributed by atoms with Crippen LogP contribution in [-0.4, -0.2) is 34.9 Å². The van der Waals surface area contributed by atoms with Crippen molar-refractivity contribution in [3.05, 3.63) is 0 Å². The Morgan fingerprint density at radius 3 is 1.31 bits per heavy atom. The number of rotatable bonds is 5. The number of alkyl halides is 2. The number of halogens is 2. The molecule has 4 nitrogen and oxygen atoms in total. The lowest BCUT2D eigenvalue weighted by Crippen LogP contribution is -2.31. The second-order valence-electron chi connectivity index (χ2n) is 4.22. The number of hydrogen-bond acceptors (Lipinski definition) is 4. The smallest absolute Gasteiger partial charge is 0.326 e. The summed E-state index contributed by atoms with van der Waals surface area (Å²) in [6.45, 7) is 6.01. The maximum atomic E-state index is 11.2. The molecule has 0 aromatic rings. The standard InChI is InChI=1S/C10H16Cl2O4/c1-9(2,11)7(13)15-5-6-16-8(14)10(3,4)12/h5-6H2,1-4H3. The molecule has 0 radical (unpaired) electrons. The van der Waals surface area contributed by atoms with Gasteiger partial charge in [-0.3, -0.25) is 9.59 Å². The Kier molecular flexibility index (Phi) is 5.56. The molecule has 0 amide bonds. The van der Waals surface area contributed by atoms with Gasteiger partial charge in [0, 0.05) is 0 Å². The molecule has 0 saturated heterocycles. The van der Waals surface area contributed by atoms with Crippen LogP contribution in [-0.2, 0) is 19.1 Å². The van der Waals surface area contributed by atoms with Crippen molar-refractivity contribution in [1.82, 2.24) is 0 Å². The maximum Gasteiger partial charge on any atom is 0.326 e. The summed E-state index contributed by atoms with van der Waals surface area (Å²) in [7, 11) is 0. The Morgan fingerprint density at radius 2 is 1.12 bits per heavy atom. The van der Waals surface area contributed by atoms with E-state index in [-0.39, 0.29) is 13.2 Å². The van der Waals surface area contributed by atoms with Gasteiger partial charge in [-0.05, 0) is 27.7 Å². The molecule has 6 heteroatoms. The lowest BCUT2D eigenvalue weighted by Gasteiger charge is -2.16. The van der Waals surface area contributed by atoms with Gasteiger partial charge in [0.25, 0.3) is 0 Å². The summed E-state index contributed by atoms with van der Waals surface area (Å²) in [6.07, 6.45) is 0. The number of carbonyl (C=O) groups is 2. The van der Waals surface area contributed by atoms with Crippen LogP contribution >= 0.6 is 23.2 Å². The highest BCUT2D eigenvalue weighted by atomic mass is 35.5. The Bertz CT molecular complexity index is 235. The van der Waals surface area contributed by atoms with E-state index in [9.17, 15) is 9.59 Å². The van der Waals surface area contributed by atoms with E-state index in [1.54, 1.807) is 0 Å². The van der Waals surface area contributed by atoms with E-state index >= 15 is 0 Å². The van der Waals surface area contributed by atoms with Crippen LogP contribution in [0.2, 0.25) is 0 Å². The molecule has 16 heavy (non-hydrogen) atoms. The minimum absolute atomic E-state index is 0.0340. The highest BCUT2D eigenvalue weighted by Gasteiger charge is 2.27. The molecule has 0 unspecified atom stereocenters. The average molecular weight is 271 g/mol. The molecule has 0 saturated carbocycles. The van der Waals surface area contributed by atoms with Gasteiger partial charge >= 0.3 is 11.9 Å². The summed E-state index contributed by atoms with van der Waals surface area (Å²) >= 11 is 11.4. The summed E-state index contributed by atoms with van der Waals surface area (Å²) < 4.78 is 9.56. The first-order chi connectivity index (χ1) is 7.05. The van der Waals surface area contributed by atoms with E-state index in [0.717, 1.165) is 0 Å². The van der Waals surface area contributed by atoms with Crippen LogP contribution in [0.1, 0.15) is 27.7 Å². The number of ether oxygens (including phenoxy) is 2. The molecule has 0 spiro atoms. The van der Waals surface area contributed by atoms with E-state index < -0.39 is 21.7 Å². The molecule has 0 aliphatic heterocycles. The van der Waals surface area contributed by atoms with Crippen molar-refractivity contribution in [2.45, 2.75) is 37.4 Å². The zero-order valence-electron chi connectivity index (χ0n) is 9.80. The zero-order valence-corrected chi connectivity index (χ0v) is 11.3. The van der Waals surface area contributed by atoms with Gasteiger partial charge in [0.1, 0.15) is 23.0 Å². The highest BCUT2D eigenvalue weighted by molar-refractivity contribution is 6.33. The monoisotopic (exact) mass is 270 g/mol. The number of carbonyl (C=O) groups excluding carboxylic acids is 2. The molecule has 0 aliphatic carbocycles. The fourth-order valence-corrected chi connectivity index (χ4v) is 0.721. The van der Waals surface area contributed by atoms with Gasteiger partial charge in [-0.1, -0.05) is 0 Å². The van der Waals surface area contributed by atoms with Gasteiger partial charge < -0.3 is 9.47 Å². The van der Waals surface area contributed by atoms with Gasteiger partial charge in [0.2, 0.25) is 0 Å². The van der Waals surface area contributed by atoms with Crippen molar-refractivity contribution < 1.29 is 19.1 Å². The second-order valence-corrected chi connectivity index (χ2v) is 6.11. The van der Waals surface area contributed by atoms with Crippen LogP contribution in [0.3, 0.4) is 0 Å². The van der Waals surface area contributed by atoms with Gasteiger partial charge in [0.05, 0.1) is 0 Å². The predicted octanol–water partition coefficient (Wildman–Crippen LogP) is 2.11. The fourth-order valence-electron chi connectivity index (χ4n) is 0.612. The minimum Gasteiger partial charge on any atom is -0.461 e. The number of esters is 2. The first-order valence-corrected chi connectivity index (χ1v) is 5.53. The minimum atomic E-state index is -1.07. The van der Waals surface area contributed by atoms with Crippen molar-refractivity contribution in [2.24, 2.45) is 0 Å². The van der Waals surface area contributed by atoms with Crippen LogP contribution < -0.4 is 0 Å². The van der Waals surface area contributed by atoms with Gasteiger partial charge in [0.15, 0.2) is 0 Å². The molecule has 0 fully saturated rings. The van der Waals surface area contributed by atoms with E-state index in [4.69, 9.17) is 32.7 Å². The van der Waals surface area contributed by atoms with E-state index in [0.29, 0.717) is 0 Å². The molecular weight excluding hydrogens is 255 g/mol. The zero-order chi connectivity index (χ0) is 13.0. The molecule has 0 atom stereocenters. The summed E-state index contributed by atoms with van der Waals surface area (Å²) in [5, 5.41) is 0. The fraction of sp³-hybridized carbons (Fsp3) is 0.800. The van der Waals surface area contributed by atoms with Crippen LogP contribution in [0.4, 0.5) is 0 Å². The summed E-state index contributed by atoms with van der Waals surface area (Å²) in [5.41, 5.74) is 0. The highest BCUT2D eigenvalue weighted by Crippen LogP contribution is 2.15. The summed E-state index contributed by atoms with van der Waals surface area (Å²) in [6, 6.07) is 0. The van der Waals surface area contributed by atoms with Crippen molar-refractivity contribution >= 4 is 35.1 Å². The largest absolute Gasteiger partial charge is 0.461 e. The maximum absolute atomic E-state index is 11.2. The van der Waals surface area contributed by atoms with Crippen LogP contribution in [0.25, 0.3) is 0 Å². The lowest BCUT2D eigenvalue weighted by molar-refractivity contribution is -0.154. The van der Waals surface area contributed by atoms with Crippen molar-refractivity contribution in [3.63, 3.8) is 0 Å². The SMILES string of the molecule is CC(C)(Cl)C(=O)OCCOC(=O)C(C)(C)Cl. The van der Waals surface area contributed by atoms with Crippen LogP contribution in [0.15, 0.2) is 0 Å². The lowest BCUT2D eigenvalue weighted by atomic mass is 10.2. The molecule has 0 N–H and O–H groups in total. The predicted molar refractivity (Wildman–Crippen MR) is 61.8 cm³/mol. The van der Waals surface area contributed by atoms with Crippen molar-refractivity contribution in [1.29, 1.82) is 0 Å². The van der Waals surface area contributed by atoms with E-state index in [1.807, 2.05) is 0 Å². The second kappa shape index (κ2) is 5.73. The average Bonchev–Trinajstić information content (AvgIpc) is 2.08. The molecule has 0 aromatic carbocycles. The third-order valence-corrected chi connectivity index (χ3v) is 1.83. The summed E-state index contributed by atoms with van der Waals surface area (Å²) in [5.74, 6) is -1.12. The first kappa shape index (κ1) is 15.5. The van der Waals surface area contributed by atoms with Crippen molar-refractivity contribution in [3.8, 4) is 0 Å². The Labute approximate surface area is 105 Å². The summed E-state index contributed by atoms with van der Waals surface area (Å²) in [4.78, 5) is 20.2. The van der Waals surface area contributed by atoms with Crippen molar-refractivity contribution in [2.75, 3.05) is 13.2 Å². The Balaban J connectivity index is 3.79. The number of hydrogen-bond donors (Lipinski definition) is 0. The van der Waals surface area contributed by atoms with E-state index in [2.05, 4.69) is 0 Å².